The van der Waals surface area contributed by atoms with Crippen LogP contribution in [0.2, 0.25) is 0 Å². The van der Waals surface area contributed by atoms with E-state index in [4.69, 9.17) is 4.28 Å². The Morgan fingerprint density at radius 2 is 1.91 bits per heavy atom. The molecule has 0 saturated carbocycles. The molecule has 10 nitrogen and oxygen atoms in total. The average molecular weight is 321 g/mol. The fourth-order valence-corrected chi connectivity index (χ4v) is 2.51. The van der Waals surface area contributed by atoms with E-state index in [1.165, 1.54) is 6.20 Å². The third kappa shape index (κ3) is 2.44. The van der Waals surface area contributed by atoms with Crippen LogP contribution in [0, 0.1) is 10.1 Å². The quantitative estimate of drug-likeness (QED) is 0.503. The number of pyridine rings is 1. The summed E-state index contributed by atoms with van der Waals surface area (Å²) in [5, 5.41) is 17.8. The van der Waals surface area contributed by atoms with E-state index in [9.17, 15) is 18.5 Å². The van der Waals surface area contributed by atoms with Crippen molar-refractivity contribution in [3.63, 3.8) is 0 Å². The lowest BCUT2D eigenvalue weighted by Crippen LogP contribution is -2.21. The van der Waals surface area contributed by atoms with Crippen molar-refractivity contribution >= 4 is 27.0 Å². The lowest BCUT2D eigenvalue weighted by molar-refractivity contribution is -0.384. The molecule has 0 radical (unpaired) electrons. The Kier molecular flexibility index (Phi) is 3.18. The van der Waals surface area contributed by atoms with Crippen LogP contribution in [-0.2, 0) is 10.1 Å². The van der Waals surface area contributed by atoms with Crippen molar-refractivity contribution in [2.75, 3.05) is 0 Å². The first-order valence-electron chi connectivity index (χ1n) is 5.83. The van der Waals surface area contributed by atoms with Crippen molar-refractivity contribution in [3.8, 4) is 0 Å². The van der Waals surface area contributed by atoms with Crippen LogP contribution in [0.25, 0.3) is 11.2 Å². The predicted molar refractivity (Wildman–Crippen MR) is 72.2 cm³/mol. The van der Waals surface area contributed by atoms with E-state index in [2.05, 4.69) is 15.3 Å². The number of benzene rings is 1. The first-order chi connectivity index (χ1) is 10.5. The monoisotopic (exact) mass is 321 g/mol. The van der Waals surface area contributed by atoms with E-state index >= 15 is 0 Å². The van der Waals surface area contributed by atoms with Crippen molar-refractivity contribution in [2.24, 2.45) is 0 Å². The van der Waals surface area contributed by atoms with E-state index in [-0.39, 0.29) is 16.2 Å². The van der Waals surface area contributed by atoms with Crippen LogP contribution in [-0.4, -0.2) is 33.5 Å². The predicted octanol–water partition coefficient (Wildman–Crippen LogP) is 0.552. The van der Waals surface area contributed by atoms with Gasteiger partial charge >= 0.3 is 10.1 Å². The number of fused-ring (bicyclic) bond motifs is 1. The molecule has 0 aliphatic carbocycles. The van der Waals surface area contributed by atoms with Gasteiger partial charge in [0.25, 0.3) is 5.69 Å². The van der Waals surface area contributed by atoms with Gasteiger partial charge < -0.3 is 0 Å². The minimum atomic E-state index is -4.22. The molecule has 0 fully saturated rings. The molecule has 3 aromatic rings. The van der Waals surface area contributed by atoms with Gasteiger partial charge in [0.05, 0.1) is 4.92 Å². The average Bonchev–Trinajstić information content (AvgIpc) is 2.90. The molecular weight excluding hydrogens is 314 g/mol. The molecule has 0 spiro atoms. The first kappa shape index (κ1) is 13.9. The number of nitro benzene ring substituents is 1. The van der Waals surface area contributed by atoms with E-state index in [1.807, 2.05) is 0 Å². The van der Waals surface area contributed by atoms with Crippen molar-refractivity contribution in [1.82, 2.24) is 20.1 Å². The van der Waals surface area contributed by atoms with Crippen LogP contribution < -0.4 is 4.28 Å². The van der Waals surface area contributed by atoms with Gasteiger partial charge in [0.1, 0.15) is 10.4 Å². The van der Waals surface area contributed by atoms with Gasteiger partial charge in [-0.15, -0.1) is 5.10 Å². The van der Waals surface area contributed by atoms with Gasteiger partial charge in [0, 0.05) is 18.3 Å². The third-order valence-electron chi connectivity index (χ3n) is 2.69. The van der Waals surface area contributed by atoms with Crippen molar-refractivity contribution in [1.29, 1.82) is 0 Å². The second-order valence-electron chi connectivity index (χ2n) is 4.09. The highest BCUT2D eigenvalue weighted by atomic mass is 32.2. The van der Waals surface area contributed by atoms with Crippen LogP contribution in [0.15, 0.2) is 47.5 Å². The highest BCUT2D eigenvalue weighted by Gasteiger charge is 2.20. The van der Waals surface area contributed by atoms with E-state index < -0.39 is 15.0 Å². The summed E-state index contributed by atoms with van der Waals surface area (Å²) in [5.74, 6) is 0. The Morgan fingerprint density at radius 3 is 2.59 bits per heavy atom. The maximum atomic E-state index is 12.1. The van der Waals surface area contributed by atoms with E-state index in [0.29, 0.717) is 10.4 Å². The van der Waals surface area contributed by atoms with Crippen LogP contribution in [0.3, 0.4) is 0 Å². The van der Waals surface area contributed by atoms with E-state index in [0.717, 1.165) is 24.3 Å². The Morgan fingerprint density at radius 1 is 1.18 bits per heavy atom. The number of rotatable bonds is 4. The maximum absolute atomic E-state index is 12.1. The number of hydrogen-bond acceptors (Lipinski definition) is 8. The van der Waals surface area contributed by atoms with Gasteiger partial charge in [0.15, 0.2) is 0 Å². The summed E-state index contributed by atoms with van der Waals surface area (Å²) in [6.45, 7) is 0. The summed E-state index contributed by atoms with van der Waals surface area (Å²) in [4.78, 5) is 14.3. The molecule has 11 heteroatoms. The van der Waals surface area contributed by atoms with Crippen LogP contribution >= 0.6 is 0 Å². The normalized spacial score (nSPS) is 11.5. The molecule has 0 atom stereocenters. The Hall–Kier alpha value is -3.08. The maximum Gasteiger partial charge on any atom is 0.358 e. The second kappa shape index (κ2) is 5.04. The zero-order valence-electron chi connectivity index (χ0n) is 10.7. The van der Waals surface area contributed by atoms with Crippen LogP contribution in [0.5, 0.6) is 0 Å². The van der Waals surface area contributed by atoms with Crippen molar-refractivity contribution in [3.05, 3.63) is 52.7 Å². The number of non-ortho nitro benzene ring substituents is 1. The molecule has 0 N–H and O–H groups in total. The van der Waals surface area contributed by atoms with Gasteiger partial charge in [-0.2, -0.15) is 8.42 Å². The first-order valence-corrected chi connectivity index (χ1v) is 7.24. The SMILES string of the molecule is O=[N+]([O-])c1ccc(S(=O)(=O)On2nnc3cccnc32)cc1. The van der Waals surface area contributed by atoms with Crippen LogP contribution in [0.1, 0.15) is 0 Å². The Labute approximate surface area is 123 Å². The fourth-order valence-electron chi connectivity index (χ4n) is 1.67. The van der Waals surface area contributed by atoms with Gasteiger partial charge in [-0.25, -0.2) is 4.98 Å². The summed E-state index contributed by atoms with van der Waals surface area (Å²) in [7, 11) is -4.22. The molecule has 2 heterocycles. The Balaban J connectivity index is 1.95. The summed E-state index contributed by atoms with van der Waals surface area (Å²) in [5.41, 5.74) is 0.265. The minimum Gasteiger partial charge on any atom is -0.262 e. The van der Waals surface area contributed by atoms with Gasteiger partial charge in [-0.3, -0.25) is 14.4 Å². The van der Waals surface area contributed by atoms with Crippen molar-refractivity contribution in [2.45, 2.75) is 4.90 Å². The zero-order valence-corrected chi connectivity index (χ0v) is 11.5. The highest BCUT2D eigenvalue weighted by molar-refractivity contribution is 7.87. The summed E-state index contributed by atoms with van der Waals surface area (Å²) >= 11 is 0. The molecule has 0 amide bonds. The number of nitrogens with zero attached hydrogens (tertiary/aromatic N) is 5. The van der Waals surface area contributed by atoms with Gasteiger partial charge in [-0.05, 0) is 34.3 Å². The molecule has 0 aliphatic heterocycles. The fraction of sp³-hybridized carbons (Fsp3) is 0. The largest absolute Gasteiger partial charge is 0.358 e. The molecule has 0 unspecified atom stereocenters. The van der Waals surface area contributed by atoms with Crippen LogP contribution in [0.4, 0.5) is 5.69 Å². The molecule has 112 valence electrons. The molecular formula is C11H7N5O5S. The molecule has 2 aromatic heterocycles. The van der Waals surface area contributed by atoms with Gasteiger partial charge in [-0.1, -0.05) is 0 Å². The summed E-state index contributed by atoms with van der Waals surface area (Å²) in [6, 6.07) is 7.47. The number of nitro groups is 1. The number of aromatic nitrogens is 4. The molecule has 0 bridgehead atoms. The van der Waals surface area contributed by atoms with Gasteiger partial charge in [0.2, 0.25) is 5.65 Å². The summed E-state index contributed by atoms with van der Waals surface area (Å²) in [6.07, 6.45) is 1.43. The lowest BCUT2D eigenvalue weighted by atomic mass is 10.3. The Bertz CT molecular complexity index is 950. The second-order valence-corrected chi connectivity index (χ2v) is 5.62. The molecule has 1 aromatic carbocycles. The number of hydrogen-bond donors (Lipinski definition) is 0. The minimum absolute atomic E-state index is 0.132. The lowest BCUT2D eigenvalue weighted by Gasteiger charge is -2.05. The summed E-state index contributed by atoms with van der Waals surface area (Å²) < 4.78 is 29.1. The smallest absolute Gasteiger partial charge is 0.262 e. The van der Waals surface area contributed by atoms with E-state index in [1.54, 1.807) is 12.1 Å². The standard InChI is InChI=1S/C11H7N5O5S/c17-16(18)8-3-5-9(6-4-8)22(19,20)21-15-11-10(13-14-15)2-1-7-12-11/h1-7H. The van der Waals surface area contributed by atoms with Crippen molar-refractivity contribution < 1.29 is 17.6 Å². The highest BCUT2D eigenvalue weighted by Crippen LogP contribution is 2.17. The molecule has 0 saturated heterocycles. The molecule has 0 aliphatic rings. The molecule has 22 heavy (non-hydrogen) atoms. The topological polar surface area (TPSA) is 130 Å². The molecule has 3 rings (SSSR count). The third-order valence-corrected chi connectivity index (χ3v) is 3.87. The zero-order chi connectivity index (χ0) is 15.7.